The lowest BCUT2D eigenvalue weighted by Crippen LogP contribution is -2.58. The van der Waals surface area contributed by atoms with Crippen molar-refractivity contribution in [1.82, 2.24) is 9.88 Å². The maximum atomic E-state index is 14.2. The molecule has 3 saturated carbocycles. The van der Waals surface area contributed by atoms with Gasteiger partial charge in [0.1, 0.15) is 11.3 Å². The van der Waals surface area contributed by atoms with Gasteiger partial charge in [-0.3, -0.25) is 9.59 Å². The standard InChI is InChI=1S/C32H39N3O3/c1-20-28(24-9-5-6-10-26(24)33-20)29-25(31(29,2)3)19-27(36)35(22-13-14-22)32(17-7-8-18-32)30(37)34-21-11-15-23(38-4)16-12-21/h5-6,9-12,15-16,22,25,29,33H,7-8,13-14,17-19H2,1-4H3,(H,34,37)/t25-,29-/m1/s1. The number of fused-ring (bicyclic) bond motifs is 1. The highest BCUT2D eigenvalue weighted by Gasteiger charge is 2.61. The molecule has 1 aromatic heterocycles. The van der Waals surface area contributed by atoms with Gasteiger partial charge in [-0.25, -0.2) is 0 Å². The van der Waals surface area contributed by atoms with E-state index in [1.54, 1.807) is 7.11 Å². The monoisotopic (exact) mass is 513 g/mol. The van der Waals surface area contributed by atoms with Crippen LogP contribution in [0.2, 0.25) is 0 Å². The zero-order chi connectivity index (χ0) is 26.7. The number of benzene rings is 2. The molecule has 3 aromatic rings. The predicted octanol–water partition coefficient (Wildman–Crippen LogP) is 6.56. The number of aromatic amines is 1. The van der Waals surface area contributed by atoms with Gasteiger partial charge in [0.15, 0.2) is 0 Å². The van der Waals surface area contributed by atoms with Gasteiger partial charge >= 0.3 is 0 Å². The highest BCUT2D eigenvalue weighted by Crippen LogP contribution is 2.67. The number of nitrogens with one attached hydrogen (secondary N) is 2. The fraction of sp³-hybridized carbons (Fsp3) is 0.500. The number of aryl methyl sites for hydroxylation is 1. The van der Waals surface area contributed by atoms with E-state index in [9.17, 15) is 9.59 Å². The minimum absolute atomic E-state index is 0.0365. The van der Waals surface area contributed by atoms with Crippen molar-refractivity contribution in [2.75, 3.05) is 12.4 Å². The summed E-state index contributed by atoms with van der Waals surface area (Å²) in [6, 6.07) is 16.1. The fourth-order valence-electron chi connectivity index (χ4n) is 7.27. The SMILES string of the molecule is COc1ccc(NC(=O)C2(N(C(=O)C[C@@H]3[C@H](c4c(C)[nH]c5ccccc45)C3(C)C)C3CC3)CCCC2)cc1. The van der Waals surface area contributed by atoms with E-state index in [-0.39, 0.29) is 29.2 Å². The molecule has 0 saturated heterocycles. The van der Waals surface area contributed by atoms with Crippen LogP contribution < -0.4 is 10.1 Å². The van der Waals surface area contributed by atoms with Gasteiger partial charge < -0.3 is 19.9 Å². The third-order valence-electron chi connectivity index (χ3n) is 9.54. The Labute approximate surface area is 225 Å². The third-order valence-corrected chi connectivity index (χ3v) is 9.54. The average Bonchev–Trinajstić information content (AvgIpc) is 3.68. The summed E-state index contributed by atoms with van der Waals surface area (Å²) in [6.45, 7) is 6.73. The first kappa shape index (κ1) is 25.0. The quantitative estimate of drug-likeness (QED) is 0.358. The molecule has 0 radical (unpaired) electrons. The van der Waals surface area contributed by atoms with Crippen LogP contribution in [0.25, 0.3) is 10.9 Å². The van der Waals surface area contributed by atoms with Crippen LogP contribution in [0.15, 0.2) is 48.5 Å². The first-order chi connectivity index (χ1) is 18.3. The van der Waals surface area contributed by atoms with Crippen LogP contribution in [-0.2, 0) is 9.59 Å². The van der Waals surface area contributed by atoms with Gasteiger partial charge in [0.2, 0.25) is 11.8 Å². The van der Waals surface area contributed by atoms with Gasteiger partial charge in [0.25, 0.3) is 0 Å². The van der Waals surface area contributed by atoms with E-state index in [0.29, 0.717) is 12.3 Å². The first-order valence-corrected chi connectivity index (χ1v) is 14.1. The number of hydrogen-bond donors (Lipinski definition) is 2. The Bertz CT molecular complexity index is 1360. The van der Waals surface area contributed by atoms with E-state index >= 15 is 0 Å². The maximum Gasteiger partial charge on any atom is 0.250 e. The van der Waals surface area contributed by atoms with Gasteiger partial charge in [-0.1, -0.05) is 44.9 Å². The number of hydrogen-bond acceptors (Lipinski definition) is 3. The summed E-state index contributed by atoms with van der Waals surface area (Å²) < 4.78 is 5.26. The lowest BCUT2D eigenvalue weighted by Gasteiger charge is -2.40. The molecule has 38 heavy (non-hydrogen) atoms. The molecule has 2 N–H and O–H groups in total. The minimum Gasteiger partial charge on any atom is -0.497 e. The van der Waals surface area contributed by atoms with Crippen molar-refractivity contribution in [2.45, 2.75) is 83.2 Å². The molecule has 2 atom stereocenters. The molecule has 2 aromatic carbocycles. The lowest BCUT2D eigenvalue weighted by molar-refractivity contribution is -0.146. The van der Waals surface area contributed by atoms with Crippen LogP contribution in [0.1, 0.15) is 76.0 Å². The zero-order valence-electron chi connectivity index (χ0n) is 23.0. The lowest BCUT2D eigenvalue weighted by atomic mass is 9.91. The summed E-state index contributed by atoms with van der Waals surface area (Å²) in [6.07, 6.45) is 5.87. The Morgan fingerprint density at radius 3 is 2.39 bits per heavy atom. The summed E-state index contributed by atoms with van der Waals surface area (Å²) in [4.78, 5) is 33.7. The van der Waals surface area contributed by atoms with Crippen molar-refractivity contribution in [2.24, 2.45) is 11.3 Å². The molecule has 3 aliphatic rings. The summed E-state index contributed by atoms with van der Waals surface area (Å²) >= 11 is 0. The number of para-hydroxylation sites is 1. The van der Waals surface area contributed by atoms with Crippen LogP contribution in [0.3, 0.4) is 0 Å². The van der Waals surface area contributed by atoms with Gasteiger partial charge in [0.05, 0.1) is 7.11 Å². The molecule has 0 aliphatic heterocycles. The molecule has 0 bridgehead atoms. The summed E-state index contributed by atoms with van der Waals surface area (Å²) in [5.41, 5.74) is 3.73. The van der Waals surface area contributed by atoms with Crippen molar-refractivity contribution in [3.05, 3.63) is 59.8 Å². The number of carbonyl (C=O) groups excluding carboxylic acids is 2. The van der Waals surface area contributed by atoms with E-state index in [0.717, 1.165) is 55.5 Å². The number of carbonyl (C=O) groups is 2. The van der Waals surface area contributed by atoms with E-state index in [1.807, 2.05) is 29.2 Å². The second-order valence-corrected chi connectivity index (χ2v) is 12.2. The molecule has 6 rings (SSSR count). The summed E-state index contributed by atoms with van der Waals surface area (Å²) in [7, 11) is 1.63. The highest BCUT2D eigenvalue weighted by atomic mass is 16.5. The van der Waals surface area contributed by atoms with Crippen LogP contribution in [0, 0.1) is 18.3 Å². The Hall–Kier alpha value is -3.28. The number of anilines is 1. The van der Waals surface area contributed by atoms with Gasteiger partial charge in [0, 0.05) is 34.7 Å². The molecule has 0 spiro atoms. The number of aromatic nitrogens is 1. The smallest absolute Gasteiger partial charge is 0.250 e. The Balaban J connectivity index is 1.25. The Kier molecular flexibility index (Phi) is 6.04. The second kappa shape index (κ2) is 9.18. The van der Waals surface area contributed by atoms with E-state index < -0.39 is 5.54 Å². The molecule has 0 unspecified atom stereocenters. The molecular formula is C32H39N3O3. The molecular weight excluding hydrogens is 474 g/mol. The minimum atomic E-state index is -0.761. The van der Waals surface area contributed by atoms with E-state index in [4.69, 9.17) is 4.74 Å². The van der Waals surface area contributed by atoms with Crippen LogP contribution in [-0.4, -0.2) is 40.4 Å². The Morgan fingerprint density at radius 2 is 1.74 bits per heavy atom. The maximum absolute atomic E-state index is 14.2. The van der Waals surface area contributed by atoms with E-state index in [2.05, 4.69) is 55.3 Å². The number of methoxy groups -OCH3 is 1. The number of rotatable bonds is 8. The molecule has 3 fully saturated rings. The third kappa shape index (κ3) is 4.09. The molecule has 3 aliphatic carbocycles. The van der Waals surface area contributed by atoms with Crippen molar-refractivity contribution >= 4 is 28.4 Å². The highest BCUT2D eigenvalue weighted by molar-refractivity contribution is 6.01. The number of H-pyrrole nitrogens is 1. The zero-order valence-corrected chi connectivity index (χ0v) is 23.0. The molecule has 6 heteroatoms. The van der Waals surface area contributed by atoms with Crippen LogP contribution in [0.5, 0.6) is 5.75 Å². The summed E-state index contributed by atoms with van der Waals surface area (Å²) in [5.74, 6) is 1.45. The van der Waals surface area contributed by atoms with Gasteiger partial charge in [-0.05, 0) is 85.8 Å². The Morgan fingerprint density at radius 1 is 1.05 bits per heavy atom. The van der Waals surface area contributed by atoms with Crippen molar-refractivity contribution in [3.8, 4) is 5.75 Å². The summed E-state index contributed by atoms with van der Waals surface area (Å²) in [5, 5.41) is 4.41. The normalized spacial score (nSPS) is 23.3. The van der Waals surface area contributed by atoms with Crippen molar-refractivity contribution in [3.63, 3.8) is 0 Å². The molecule has 200 valence electrons. The molecule has 6 nitrogen and oxygen atoms in total. The largest absolute Gasteiger partial charge is 0.497 e. The van der Waals surface area contributed by atoms with Crippen molar-refractivity contribution < 1.29 is 14.3 Å². The molecule has 1 heterocycles. The number of ether oxygens (including phenoxy) is 1. The molecule has 2 amide bonds. The topological polar surface area (TPSA) is 74.4 Å². The van der Waals surface area contributed by atoms with Crippen molar-refractivity contribution in [1.29, 1.82) is 0 Å². The van der Waals surface area contributed by atoms with Gasteiger partial charge in [-0.15, -0.1) is 0 Å². The number of amides is 2. The second-order valence-electron chi connectivity index (χ2n) is 12.2. The predicted molar refractivity (Wildman–Crippen MR) is 150 cm³/mol. The van der Waals surface area contributed by atoms with Gasteiger partial charge in [-0.2, -0.15) is 0 Å². The number of nitrogens with zero attached hydrogens (tertiary/aromatic N) is 1. The average molecular weight is 514 g/mol. The van der Waals surface area contributed by atoms with E-state index in [1.165, 1.54) is 16.6 Å². The first-order valence-electron chi connectivity index (χ1n) is 14.1. The van der Waals surface area contributed by atoms with Crippen LogP contribution in [0.4, 0.5) is 5.69 Å². The fourth-order valence-corrected chi connectivity index (χ4v) is 7.27. The van der Waals surface area contributed by atoms with Crippen LogP contribution >= 0.6 is 0 Å².